The predicted molar refractivity (Wildman–Crippen MR) is 107 cm³/mol. The largest absolute Gasteiger partial charge is 0.434 e. The molecular weight excluding hydrogens is 398 g/mol. The molecule has 1 aliphatic rings. The van der Waals surface area contributed by atoms with E-state index in [-0.39, 0.29) is 23.1 Å². The first-order chi connectivity index (χ1) is 14.0. The quantitative estimate of drug-likeness (QED) is 0.669. The van der Waals surface area contributed by atoms with Crippen LogP contribution in [0.1, 0.15) is 15.9 Å². The molecule has 1 fully saturated rings. The summed E-state index contributed by atoms with van der Waals surface area (Å²) >= 11 is 1.50. The number of amides is 2. The lowest BCUT2D eigenvalue weighted by Crippen LogP contribution is -2.51. The highest BCUT2D eigenvalue weighted by Gasteiger charge is 2.27. The number of halogens is 2. The van der Waals surface area contributed by atoms with Gasteiger partial charge >= 0.3 is 6.61 Å². The molecule has 3 rings (SSSR count). The van der Waals surface area contributed by atoms with E-state index < -0.39 is 6.61 Å². The Labute approximate surface area is 172 Å². The second-order valence-electron chi connectivity index (χ2n) is 6.60. The molecule has 0 bridgehead atoms. The highest BCUT2D eigenvalue weighted by Crippen LogP contribution is 2.24. The molecule has 2 aromatic carbocycles. The van der Waals surface area contributed by atoms with Crippen molar-refractivity contribution < 1.29 is 23.1 Å². The average Bonchev–Trinajstić information content (AvgIpc) is 2.72. The Morgan fingerprint density at radius 3 is 2.31 bits per heavy atom. The number of nitrogens with zero attached hydrogens (tertiary/aromatic N) is 2. The number of para-hydroxylation sites is 1. The molecule has 8 heteroatoms. The van der Waals surface area contributed by atoms with Crippen molar-refractivity contribution in [1.29, 1.82) is 0 Å². The van der Waals surface area contributed by atoms with Gasteiger partial charge in [0.1, 0.15) is 5.75 Å². The molecule has 0 aromatic heterocycles. The van der Waals surface area contributed by atoms with Gasteiger partial charge in [0.15, 0.2) is 0 Å². The molecule has 1 aliphatic heterocycles. The fourth-order valence-electron chi connectivity index (χ4n) is 3.12. The summed E-state index contributed by atoms with van der Waals surface area (Å²) in [6, 6.07) is 13.9. The van der Waals surface area contributed by atoms with Gasteiger partial charge in [0, 0.05) is 31.1 Å². The fourth-order valence-corrected chi connectivity index (χ4v) is 4.05. The standard InChI is InChI=1S/C21H22F2N2O3S/c1-15-6-2-5-9-18(15)29-14-19(26)24-10-12-25(13-11-24)20(27)16-7-3-4-8-17(16)28-21(22)23/h2-9,21H,10-14H2,1H3. The Balaban J connectivity index is 1.54. The summed E-state index contributed by atoms with van der Waals surface area (Å²) in [6.45, 7) is 0.537. The number of rotatable bonds is 6. The van der Waals surface area contributed by atoms with E-state index in [1.807, 2.05) is 31.2 Å². The molecule has 0 radical (unpaired) electrons. The number of hydrogen-bond donors (Lipinski definition) is 0. The van der Waals surface area contributed by atoms with Gasteiger partial charge in [-0.3, -0.25) is 9.59 Å². The average molecular weight is 420 g/mol. The minimum absolute atomic E-state index is 0.0202. The molecule has 0 saturated carbocycles. The van der Waals surface area contributed by atoms with Gasteiger partial charge in [0.25, 0.3) is 5.91 Å². The van der Waals surface area contributed by atoms with Crippen LogP contribution in [0.15, 0.2) is 53.4 Å². The van der Waals surface area contributed by atoms with E-state index in [1.165, 1.54) is 30.0 Å². The van der Waals surface area contributed by atoms with Crippen LogP contribution in [0.3, 0.4) is 0 Å². The van der Waals surface area contributed by atoms with Gasteiger partial charge in [-0.2, -0.15) is 8.78 Å². The van der Waals surface area contributed by atoms with E-state index in [1.54, 1.807) is 15.9 Å². The first-order valence-corrected chi connectivity index (χ1v) is 10.2. The maximum Gasteiger partial charge on any atom is 0.387 e. The molecular formula is C21H22F2N2O3S. The first-order valence-electron chi connectivity index (χ1n) is 9.25. The van der Waals surface area contributed by atoms with Gasteiger partial charge in [-0.05, 0) is 30.7 Å². The number of thioether (sulfide) groups is 1. The van der Waals surface area contributed by atoms with Gasteiger partial charge in [-0.15, -0.1) is 11.8 Å². The van der Waals surface area contributed by atoms with Crippen LogP contribution in [0.4, 0.5) is 8.78 Å². The van der Waals surface area contributed by atoms with E-state index in [0.717, 1.165) is 10.5 Å². The maximum absolute atomic E-state index is 12.7. The maximum atomic E-state index is 12.7. The highest BCUT2D eigenvalue weighted by atomic mass is 32.2. The summed E-state index contributed by atoms with van der Waals surface area (Å²) in [4.78, 5) is 29.6. The number of ether oxygens (including phenoxy) is 1. The minimum Gasteiger partial charge on any atom is -0.434 e. The molecule has 5 nitrogen and oxygen atoms in total. The van der Waals surface area contributed by atoms with Crippen molar-refractivity contribution in [3.63, 3.8) is 0 Å². The van der Waals surface area contributed by atoms with Crippen LogP contribution < -0.4 is 4.74 Å². The van der Waals surface area contributed by atoms with Crippen LogP contribution in [-0.4, -0.2) is 60.2 Å². The zero-order valence-corrected chi connectivity index (χ0v) is 16.8. The summed E-state index contributed by atoms with van der Waals surface area (Å²) in [5.74, 6) is -0.154. The molecule has 1 saturated heterocycles. The molecule has 0 aliphatic carbocycles. The lowest BCUT2D eigenvalue weighted by Gasteiger charge is -2.35. The second-order valence-corrected chi connectivity index (χ2v) is 7.62. The minimum atomic E-state index is -3.00. The second kappa shape index (κ2) is 9.73. The van der Waals surface area contributed by atoms with Crippen molar-refractivity contribution in [1.82, 2.24) is 9.80 Å². The fraction of sp³-hybridized carbons (Fsp3) is 0.333. The number of piperazine rings is 1. The zero-order chi connectivity index (χ0) is 20.8. The molecule has 154 valence electrons. The Morgan fingerprint density at radius 2 is 1.62 bits per heavy atom. The van der Waals surface area contributed by atoms with Crippen molar-refractivity contribution in [2.75, 3.05) is 31.9 Å². The van der Waals surface area contributed by atoms with E-state index >= 15 is 0 Å². The van der Waals surface area contributed by atoms with Crippen LogP contribution in [-0.2, 0) is 4.79 Å². The predicted octanol–water partition coefficient (Wildman–Crippen LogP) is 3.67. The van der Waals surface area contributed by atoms with E-state index in [4.69, 9.17) is 0 Å². The lowest BCUT2D eigenvalue weighted by atomic mass is 10.1. The number of carbonyl (C=O) groups is 2. The molecule has 29 heavy (non-hydrogen) atoms. The summed E-state index contributed by atoms with van der Waals surface area (Å²) in [5, 5.41) is 0. The third kappa shape index (κ3) is 5.47. The Morgan fingerprint density at radius 1 is 1.00 bits per heavy atom. The van der Waals surface area contributed by atoms with Gasteiger partial charge in [0.2, 0.25) is 5.91 Å². The van der Waals surface area contributed by atoms with Crippen molar-refractivity contribution in [3.8, 4) is 5.75 Å². The first kappa shape index (κ1) is 21.1. The number of carbonyl (C=O) groups excluding carboxylic acids is 2. The van der Waals surface area contributed by atoms with Gasteiger partial charge in [-0.1, -0.05) is 30.3 Å². The van der Waals surface area contributed by atoms with Crippen molar-refractivity contribution in [2.24, 2.45) is 0 Å². The summed E-state index contributed by atoms with van der Waals surface area (Å²) < 4.78 is 29.6. The summed E-state index contributed by atoms with van der Waals surface area (Å²) in [5.41, 5.74) is 1.23. The molecule has 2 amide bonds. The van der Waals surface area contributed by atoms with Crippen LogP contribution in [0.2, 0.25) is 0 Å². The van der Waals surface area contributed by atoms with Gasteiger partial charge in [0.05, 0.1) is 11.3 Å². The van der Waals surface area contributed by atoms with Crippen LogP contribution >= 0.6 is 11.8 Å². The topological polar surface area (TPSA) is 49.9 Å². The molecule has 2 aromatic rings. The lowest BCUT2D eigenvalue weighted by molar-refractivity contribution is -0.129. The molecule has 0 unspecified atom stereocenters. The van der Waals surface area contributed by atoms with Gasteiger partial charge < -0.3 is 14.5 Å². The van der Waals surface area contributed by atoms with E-state index in [2.05, 4.69) is 4.74 Å². The van der Waals surface area contributed by atoms with E-state index in [0.29, 0.717) is 31.9 Å². The Kier molecular flexibility index (Phi) is 7.09. The molecule has 0 spiro atoms. The molecule has 0 N–H and O–H groups in total. The van der Waals surface area contributed by atoms with Crippen molar-refractivity contribution >= 4 is 23.6 Å². The van der Waals surface area contributed by atoms with E-state index in [9.17, 15) is 18.4 Å². The van der Waals surface area contributed by atoms with Crippen LogP contribution in [0, 0.1) is 6.92 Å². The van der Waals surface area contributed by atoms with Crippen molar-refractivity contribution in [2.45, 2.75) is 18.4 Å². The number of aryl methyl sites for hydroxylation is 1. The Bertz CT molecular complexity index is 871. The molecule has 1 heterocycles. The number of hydrogen-bond acceptors (Lipinski definition) is 4. The monoisotopic (exact) mass is 420 g/mol. The smallest absolute Gasteiger partial charge is 0.387 e. The van der Waals surface area contributed by atoms with Crippen molar-refractivity contribution in [3.05, 3.63) is 59.7 Å². The van der Waals surface area contributed by atoms with Crippen LogP contribution in [0.25, 0.3) is 0 Å². The Hall–Kier alpha value is -2.61. The van der Waals surface area contributed by atoms with Gasteiger partial charge in [-0.25, -0.2) is 0 Å². The SMILES string of the molecule is Cc1ccccc1SCC(=O)N1CCN(C(=O)c2ccccc2OC(F)F)CC1. The number of benzene rings is 2. The summed E-state index contributed by atoms with van der Waals surface area (Å²) in [6.07, 6.45) is 0. The zero-order valence-electron chi connectivity index (χ0n) is 16.0. The third-order valence-corrected chi connectivity index (χ3v) is 5.86. The molecule has 0 atom stereocenters. The normalized spacial score (nSPS) is 14.2. The number of alkyl halides is 2. The van der Waals surface area contributed by atoms with Crippen LogP contribution in [0.5, 0.6) is 5.75 Å². The summed E-state index contributed by atoms with van der Waals surface area (Å²) in [7, 11) is 0. The highest BCUT2D eigenvalue weighted by molar-refractivity contribution is 8.00. The third-order valence-electron chi connectivity index (χ3n) is 4.70.